The molecule has 0 spiro atoms. The molecule has 1 rings (SSSR count). The van der Waals surface area contributed by atoms with E-state index in [9.17, 15) is 0 Å². The van der Waals surface area contributed by atoms with Crippen LogP contribution in [0.5, 0.6) is 0 Å². The Kier molecular flexibility index (Phi) is 11.0. The molecule has 0 atom stereocenters. The third-order valence-electron chi connectivity index (χ3n) is 0.576. The number of nitrogens with zero attached hydrogens (tertiary/aromatic N) is 2. The number of carbonyl (C=O) groups is 1. The Labute approximate surface area is 123 Å². The third-order valence-corrected chi connectivity index (χ3v) is 0.576. The number of rotatable bonds is 0. The second kappa shape index (κ2) is 8.63. The monoisotopic (exact) mass is 276 g/mol. The Bertz CT molecular complexity index is 184. The van der Waals surface area contributed by atoms with Crippen LogP contribution in [0.4, 0.5) is 4.79 Å². The fourth-order valence-electron chi connectivity index (χ4n) is 0.299. The number of hydrogen-bond acceptors (Lipinski definition) is 2. The summed E-state index contributed by atoms with van der Waals surface area (Å²) in [7, 11) is 1.86. The molecule has 0 radical (unpaired) electrons. The van der Waals surface area contributed by atoms with Crippen LogP contribution < -0.4 is 68.9 Å². The standard InChI is InChI=1S/C4H5N2.CH2O3.Cs/c1-6-4-2-3-5-6;2-1(3)4;/h3-4H,1H3;(H2,2,3,4);/q-1;;+1. The quantitative estimate of drug-likeness (QED) is 0.511. The van der Waals surface area contributed by atoms with E-state index in [1.807, 2.05) is 7.05 Å². The Morgan fingerprint density at radius 2 is 2.09 bits per heavy atom. The largest absolute Gasteiger partial charge is 1.00 e. The fraction of sp³-hybridized carbons (Fsp3) is 0.200. The Morgan fingerprint density at radius 3 is 2.18 bits per heavy atom. The molecular formula is C5H7CsN2O3. The maximum atomic E-state index is 8.56. The normalized spacial score (nSPS) is 7.00. The van der Waals surface area contributed by atoms with Gasteiger partial charge < -0.3 is 21.0 Å². The fourth-order valence-corrected chi connectivity index (χ4v) is 0.299. The minimum atomic E-state index is -1.83. The molecule has 1 aromatic rings. The maximum Gasteiger partial charge on any atom is 1.00 e. The van der Waals surface area contributed by atoms with E-state index < -0.39 is 6.16 Å². The summed E-state index contributed by atoms with van der Waals surface area (Å²) in [4.78, 5) is 8.56. The van der Waals surface area contributed by atoms with Crippen molar-refractivity contribution in [2.45, 2.75) is 0 Å². The van der Waals surface area contributed by atoms with E-state index in [2.05, 4.69) is 11.2 Å². The van der Waals surface area contributed by atoms with Gasteiger partial charge in [-0.3, -0.25) is 0 Å². The van der Waals surface area contributed by atoms with Crippen LogP contribution in [0.2, 0.25) is 0 Å². The molecule has 0 amide bonds. The van der Waals surface area contributed by atoms with Gasteiger partial charge in [0.05, 0.1) is 0 Å². The predicted molar refractivity (Wildman–Crippen MR) is 32.7 cm³/mol. The first-order chi connectivity index (χ1) is 4.63. The maximum absolute atomic E-state index is 8.56. The van der Waals surface area contributed by atoms with Crippen molar-refractivity contribution in [1.29, 1.82) is 0 Å². The van der Waals surface area contributed by atoms with Gasteiger partial charge in [0.25, 0.3) is 0 Å². The van der Waals surface area contributed by atoms with Crippen molar-refractivity contribution in [3.63, 3.8) is 0 Å². The first-order valence-corrected chi connectivity index (χ1v) is 2.39. The van der Waals surface area contributed by atoms with E-state index in [-0.39, 0.29) is 68.9 Å². The first-order valence-electron chi connectivity index (χ1n) is 2.39. The summed E-state index contributed by atoms with van der Waals surface area (Å²) in [5.41, 5.74) is 0. The third kappa shape index (κ3) is 13.5. The zero-order valence-electron chi connectivity index (χ0n) is 6.35. The SMILES string of the molecule is Cn1c[c-]cn1.O=C(O)O.[Cs+]. The van der Waals surface area contributed by atoms with Gasteiger partial charge in [-0.1, -0.05) is 0 Å². The van der Waals surface area contributed by atoms with Gasteiger partial charge in [0, 0.05) is 7.05 Å². The Balaban J connectivity index is 0. The molecule has 0 fully saturated rings. The summed E-state index contributed by atoms with van der Waals surface area (Å²) in [5.74, 6) is 0. The van der Waals surface area contributed by atoms with Crippen LogP contribution in [-0.4, -0.2) is 26.1 Å². The van der Waals surface area contributed by atoms with Crippen molar-refractivity contribution in [2.24, 2.45) is 7.05 Å². The molecule has 0 saturated carbocycles. The van der Waals surface area contributed by atoms with Gasteiger partial charge in [0.2, 0.25) is 0 Å². The second-order valence-corrected chi connectivity index (χ2v) is 1.40. The smallest absolute Gasteiger partial charge is 0.450 e. The molecule has 0 aliphatic heterocycles. The van der Waals surface area contributed by atoms with E-state index in [1.165, 1.54) is 0 Å². The first kappa shape index (κ1) is 14.1. The van der Waals surface area contributed by atoms with Crippen LogP contribution >= 0.6 is 0 Å². The van der Waals surface area contributed by atoms with Gasteiger partial charge in [-0.25, -0.2) is 9.89 Å². The molecule has 0 unspecified atom stereocenters. The minimum Gasteiger partial charge on any atom is -0.450 e. The van der Waals surface area contributed by atoms with Gasteiger partial charge in [-0.2, -0.15) is 6.20 Å². The van der Waals surface area contributed by atoms with Crippen LogP contribution in [0.3, 0.4) is 0 Å². The van der Waals surface area contributed by atoms with Crippen LogP contribution in [-0.2, 0) is 7.05 Å². The summed E-state index contributed by atoms with van der Waals surface area (Å²) in [6.07, 6.45) is 1.56. The summed E-state index contributed by atoms with van der Waals surface area (Å²) in [5, 5.41) is 17.7. The number of hydrogen-bond donors (Lipinski definition) is 2. The van der Waals surface area contributed by atoms with E-state index in [0.29, 0.717) is 0 Å². The van der Waals surface area contributed by atoms with Gasteiger partial charge in [-0.05, 0) is 0 Å². The Hall–Kier alpha value is 0.532. The van der Waals surface area contributed by atoms with E-state index in [1.54, 1.807) is 17.1 Å². The second-order valence-electron chi connectivity index (χ2n) is 1.40. The van der Waals surface area contributed by atoms with Crippen molar-refractivity contribution in [1.82, 2.24) is 9.78 Å². The van der Waals surface area contributed by atoms with E-state index in [0.717, 1.165) is 0 Å². The molecule has 0 bridgehead atoms. The number of carboxylic acid groups (broad SMARTS) is 2. The Morgan fingerprint density at radius 1 is 1.64 bits per heavy atom. The van der Waals surface area contributed by atoms with E-state index in [4.69, 9.17) is 15.0 Å². The molecule has 0 aromatic carbocycles. The molecule has 2 N–H and O–H groups in total. The van der Waals surface area contributed by atoms with Crippen molar-refractivity contribution < 1.29 is 83.9 Å². The van der Waals surface area contributed by atoms with Gasteiger partial charge in [-0.15, -0.1) is 6.20 Å². The summed E-state index contributed by atoms with van der Waals surface area (Å²) >= 11 is 0. The van der Waals surface area contributed by atoms with Crippen molar-refractivity contribution in [3.8, 4) is 0 Å². The molecule has 0 aliphatic rings. The van der Waals surface area contributed by atoms with Crippen molar-refractivity contribution in [2.75, 3.05) is 0 Å². The zero-order chi connectivity index (χ0) is 7.98. The molecule has 5 nitrogen and oxygen atoms in total. The van der Waals surface area contributed by atoms with Crippen LogP contribution in [0.1, 0.15) is 0 Å². The summed E-state index contributed by atoms with van der Waals surface area (Å²) < 4.78 is 1.69. The molecule has 56 valence electrons. The number of aromatic nitrogens is 2. The van der Waals surface area contributed by atoms with Gasteiger partial charge >= 0.3 is 75.0 Å². The van der Waals surface area contributed by atoms with Crippen LogP contribution in [0.15, 0.2) is 12.4 Å². The summed E-state index contributed by atoms with van der Waals surface area (Å²) in [6.45, 7) is 0. The zero-order valence-corrected chi connectivity index (χ0v) is 12.6. The molecule has 1 aromatic heterocycles. The number of aryl methyl sites for hydroxylation is 1. The van der Waals surface area contributed by atoms with Crippen molar-refractivity contribution in [3.05, 3.63) is 18.5 Å². The topological polar surface area (TPSA) is 75.4 Å². The molecular weight excluding hydrogens is 269 g/mol. The van der Waals surface area contributed by atoms with Gasteiger partial charge in [0.1, 0.15) is 0 Å². The predicted octanol–water partition coefficient (Wildman–Crippen LogP) is -2.55. The molecule has 0 aliphatic carbocycles. The summed E-state index contributed by atoms with van der Waals surface area (Å²) in [6, 6.07) is 2.78. The van der Waals surface area contributed by atoms with Gasteiger partial charge in [0.15, 0.2) is 0 Å². The van der Waals surface area contributed by atoms with Crippen molar-refractivity contribution >= 4 is 6.16 Å². The van der Waals surface area contributed by atoms with E-state index >= 15 is 0 Å². The molecule has 11 heavy (non-hydrogen) atoms. The minimum absolute atomic E-state index is 0. The average Bonchev–Trinajstić information content (AvgIpc) is 2.15. The molecule has 1 heterocycles. The molecule has 6 heteroatoms. The molecule has 0 saturated heterocycles. The van der Waals surface area contributed by atoms with Crippen LogP contribution in [0, 0.1) is 6.07 Å². The average molecular weight is 276 g/mol. The van der Waals surface area contributed by atoms with Crippen LogP contribution in [0.25, 0.3) is 0 Å².